The molecule has 1 aromatic carbocycles. The molecule has 7 nitrogen and oxygen atoms in total. The van der Waals surface area contributed by atoms with Gasteiger partial charge in [-0.05, 0) is 12.1 Å². The Bertz CT molecular complexity index is 581. The third kappa shape index (κ3) is 3.01. The lowest BCUT2D eigenvalue weighted by Crippen LogP contribution is -2.31. The van der Waals surface area contributed by atoms with Crippen LogP contribution in [-0.2, 0) is 18.4 Å². The summed E-state index contributed by atoms with van der Waals surface area (Å²) in [7, 11) is 1.76. The number of anilines is 2. The molecule has 0 spiro atoms. The first-order valence-corrected chi connectivity index (χ1v) is 5.72. The summed E-state index contributed by atoms with van der Waals surface area (Å²) in [6.07, 6.45) is 1.43. The van der Waals surface area contributed by atoms with Crippen LogP contribution in [0.4, 0.5) is 11.4 Å². The van der Waals surface area contributed by atoms with Crippen LogP contribution in [0, 0.1) is 0 Å². The van der Waals surface area contributed by atoms with Crippen LogP contribution in [0.3, 0.4) is 0 Å². The lowest BCUT2D eigenvalue weighted by Gasteiger charge is -2.23. The molecule has 0 aliphatic heterocycles. The van der Waals surface area contributed by atoms with Crippen molar-refractivity contribution in [3.8, 4) is 0 Å². The van der Waals surface area contributed by atoms with Crippen LogP contribution < -0.4 is 10.6 Å². The molecule has 2 rings (SSSR count). The van der Waals surface area contributed by atoms with Crippen molar-refractivity contribution in [2.24, 2.45) is 7.05 Å². The van der Waals surface area contributed by atoms with Gasteiger partial charge >= 0.3 is 5.97 Å². The predicted octanol–water partition coefficient (Wildman–Crippen LogP) is 0.488. The highest BCUT2D eigenvalue weighted by molar-refractivity contribution is 5.77. The molecule has 0 saturated carbocycles. The molecule has 0 aliphatic carbocycles. The van der Waals surface area contributed by atoms with E-state index in [1.54, 1.807) is 34.8 Å². The van der Waals surface area contributed by atoms with Gasteiger partial charge in [0.1, 0.15) is 18.7 Å². The van der Waals surface area contributed by atoms with E-state index < -0.39 is 5.97 Å². The fourth-order valence-corrected chi connectivity index (χ4v) is 1.80. The number of nitrogens with two attached hydrogens (primary N) is 1. The third-order valence-corrected chi connectivity index (χ3v) is 2.74. The van der Waals surface area contributed by atoms with E-state index in [9.17, 15) is 4.79 Å². The molecule has 19 heavy (non-hydrogen) atoms. The van der Waals surface area contributed by atoms with Crippen molar-refractivity contribution < 1.29 is 9.90 Å². The van der Waals surface area contributed by atoms with Crippen LogP contribution in [0.2, 0.25) is 0 Å². The molecular formula is C12H15N5O2. The molecule has 7 heteroatoms. The van der Waals surface area contributed by atoms with E-state index in [2.05, 4.69) is 10.1 Å². The van der Waals surface area contributed by atoms with Crippen molar-refractivity contribution in [2.75, 3.05) is 17.2 Å². The highest BCUT2D eigenvalue weighted by atomic mass is 16.4. The van der Waals surface area contributed by atoms with Crippen LogP contribution in [0.5, 0.6) is 0 Å². The van der Waals surface area contributed by atoms with Gasteiger partial charge in [0.2, 0.25) is 0 Å². The summed E-state index contributed by atoms with van der Waals surface area (Å²) >= 11 is 0. The molecule has 100 valence electrons. The average Bonchev–Trinajstić information content (AvgIpc) is 2.74. The fourth-order valence-electron chi connectivity index (χ4n) is 1.80. The summed E-state index contributed by atoms with van der Waals surface area (Å²) in [5.41, 5.74) is 7.09. The smallest absolute Gasteiger partial charge is 0.323 e. The van der Waals surface area contributed by atoms with Gasteiger partial charge in [0.25, 0.3) is 0 Å². The summed E-state index contributed by atoms with van der Waals surface area (Å²) in [4.78, 5) is 16.7. The molecule has 0 amide bonds. The van der Waals surface area contributed by atoms with Crippen molar-refractivity contribution in [2.45, 2.75) is 6.54 Å². The summed E-state index contributed by atoms with van der Waals surface area (Å²) in [6.45, 7) is 0.179. The first-order valence-electron chi connectivity index (χ1n) is 5.72. The van der Waals surface area contributed by atoms with E-state index in [-0.39, 0.29) is 6.54 Å². The molecule has 0 bridgehead atoms. The van der Waals surface area contributed by atoms with Crippen LogP contribution in [0.15, 0.2) is 30.6 Å². The van der Waals surface area contributed by atoms with E-state index >= 15 is 0 Å². The van der Waals surface area contributed by atoms with Crippen molar-refractivity contribution in [3.05, 3.63) is 36.4 Å². The minimum Gasteiger partial charge on any atom is -0.480 e. The number of carbonyl (C=O) groups is 1. The molecule has 1 heterocycles. The Morgan fingerprint density at radius 3 is 2.79 bits per heavy atom. The molecule has 0 atom stereocenters. The zero-order chi connectivity index (χ0) is 13.8. The summed E-state index contributed by atoms with van der Waals surface area (Å²) in [5.74, 6) is -0.255. The number of carboxylic acids is 1. The maximum atomic E-state index is 11.0. The zero-order valence-corrected chi connectivity index (χ0v) is 10.5. The molecular weight excluding hydrogens is 246 g/mol. The predicted molar refractivity (Wildman–Crippen MR) is 70.5 cm³/mol. The van der Waals surface area contributed by atoms with E-state index in [1.165, 1.54) is 6.33 Å². The molecule has 3 N–H and O–H groups in total. The van der Waals surface area contributed by atoms with Crippen molar-refractivity contribution >= 4 is 17.3 Å². The molecule has 2 aromatic rings. The number of hydrogen-bond donors (Lipinski definition) is 2. The highest BCUT2D eigenvalue weighted by Crippen LogP contribution is 2.23. The third-order valence-electron chi connectivity index (χ3n) is 2.74. The number of aryl methyl sites for hydroxylation is 1. The quantitative estimate of drug-likeness (QED) is 0.760. The van der Waals surface area contributed by atoms with Gasteiger partial charge in [-0.2, -0.15) is 5.10 Å². The number of aromatic nitrogens is 3. The van der Waals surface area contributed by atoms with E-state index in [1.807, 2.05) is 6.07 Å². The fraction of sp³-hybridized carbons (Fsp3) is 0.250. The van der Waals surface area contributed by atoms with Gasteiger partial charge in [0, 0.05) is 7.05 Å². The number of rotatable bonds is 5. The van der Waals surface area contributed by atoms with Crippen LogP contribution in [0.1, 0.15) is 5.82 Å². The lowest BCUT2D eigenvalue weighted by molar-refractivity contribution is -0.135. The van der Waals surface area contributed by atoms with Gasteiger partial charge in [-0.1, -0.05) is 12.1 Å². The number of carboxylic acid groups (broad SMARTS) is 1. The standard InChI is InChI=1S/C12H15N5O2/c1-16-11(14-8-15-16)6-17(7-12(18)19)10-5-3-2-4-9(10)13/h2-5,8H,6-7,13H2,1H3,(H,18,19). The Kier molecular flexibility index (Phi) is 3.65. The van der Waals surface area contributed by atoms with Gasteiger partial charge in [0.15, 0.2) is 0 Å². The number of nitrogen functional groups attached to an aromatic ring is 1. The SMILES string of the molecule is Cn1ncnc1CN(CC(=O)O)c1ccccc1N. The molecule has 0 radical (unpaired) electrons. The van der Waals surface area contributed by atoms with Gasteiger partial charge in [0.05, 0.1) is 17.9 Å². The van der Waals surface area contributed by atoms with Gasteiger partial charge in [-0.25, -0.2) is 4.98 Å². The maximum Gasteiger partial charge on any atom is 0.323 e. The Balaban J connectivity index is 2.29. The Morgan fingerprint density at radius 2 is 2.21 bits per heavy atom. The van der Waals surface area contributed by atoms with Crippen molar-refractivity contribution in [3.63, 3.8) is 0 Å². The van der Waals surface area contributed by atoms with E-state index in [0.29, 0.717) is 23.7 Å². The molecule has 0 unspecified atom stereocenters. The Morgan fingerprint density at radius 1 is 1.47 bits per heavy atom. The van der Waals surface area contributed by atoms with Crippen LogP contribution >= 0.6 is 0 Å². The zero-order valence-electron chi connectivity index (χ0n) is 10.5. The number of aliphatic carboxylic acids is 1. The summed E-state index contributed by atoms with van der Waals surface area (Å²) < 4.78 is 1.61. The second-order valence-corrected chi connectivity index (χ2v) is 4.11. The highest BCUT2D eigenvalue weighted by Gasteiger charge is 2.15. The molecule has 0 aliphatic rings. The Labute approximate surface area is 110 Å². The number of para-hydroxylation sites is 2. The van der Waals surface area contributed by atoms with E-state index in [4.69, 9.17) is 10.8 Å². The summed E-state index contributed by atoms with van der Waals surface area (Å²) in [5, 5.41) is 13.0. The second kappa shape index (κ2) is 5.38. The average molecular weight is 261 g/mol. The van der Waals surface area contributed by atoms with Crippen LogP contribution in [-0.4, -0.2) is 32.4 Å². The molecule has 1 aromatic heterocycles. The minimum atomic E-state index is -0.926. The molecule has 0 fully saturated rings. The largest absolute Gasteiger partial charge is 0.480 e. The summed E-state index contributed by atoms with van der Waals surface area (Å²) in [6, 6.07) is 7.15. The monoisotopic (exact) mass is 261 g/mol. The normalized spacial score (nSPS) is 10.4. The number of benzene rings is 1. The number of nitrogens with zero attached hydrogens (tertiary/aromatic N) is 4. The van der Waals surface area contributed by atoms with Gasteiger partial charge in [-0.15, -0.1) is 0 Å². The van der Waals surface area contributed by atoms with Crippen LogP contribution in [0.25, 0.3) is 0 Å². The minimum absolute atomic E-state index is 0.152. The number of hydrogen-bond acceptors (Lipinski definition) is 5. The topological polar surface area (TPSA) is 97.3 Å². The Hall–Kier alpha value is -2.57. The van der Waals surface area contributed by atoms with E-state index in [0.717, 1.165) is 0 Å². The first kappa shape index (κ1) is 12.9. The van der Waals surface area contributed by atoms with Gasteiger partial charge in [-0.3, -0.25) is 9.48 Å². The van der Waals surface area contributed by atoms with Crippen molar-refractivity contribution in [1.82, 2.24) is 14.8 Å². The maximum absolute atomic E-state index is 11.0. The molecule has 0 saturated heterocycles. The first-order chi connectivity index (χ1) is 9.08. The van der Waals surface area contributed by atoms with Crippen molar-refractivity contribution in [1.29, 1.82) is 0 Å². The second-order valence-electron chi connectivity index (χ2n) is 4.11. The van der Waals surface area contributed by atoms with Gasteiger partial charge < -0.3 is 15.7 Å². The lowest BCUT2D eigenvalue weighted by atomic mass is 10.2.